The Kier molecular flexibility index (Phi) is 3.08. The molecule has 4 heteroatoms. The van der Waals surface area contributed by atoms with E-state index in [0.29, 0.717) is 24.3 Å². The third-order valence-electron chi connectivity index (χ3n) is 2.48. The lowest BCUT2D eigenvalue weighted by molar-refractivity contribution is 0.122. The van der Waals surface area contributed by atoms with E-state index >= 15 is 0 Å². The van der Waals surface area contributed by atoms with Crippen LogP contribution in [0.5, 0.6) is 0 Å². The van der Waals surface area contributed by atoms with Gasteiger partial charge in [0.1, 0.15) is 5.76 Å². The van der Waals surface area contributed by atoms with Gasteiger partial charge in [-0.2, -0.15) is 0 Å². The number of aryl methyl sites for hydroxylation is 1. The van der Waals surface area contributed by atoms with Crippen molar-refractivity contribution in [2.24, 2.45) is 0 Å². The van der Waals surface area contributed by atoms with Crippen LogP contribution in [0.15, 0.2) is 10.6 Å². The van der Waals surface area contributed by atoms with Crippen molar-refractivity contribution in [2.45, 2.75) is 31.8 Å². The fourth-order valence-corrected chi connectivity index (χ4v) is 1.89. The molecule has 1 fully saturated rings. The summed E-state index contributed by atoms with van der Waals surface area (Å²) in [5, 5.41) is 0. The number of hydrogen-bond acceptors (Lipinski definition) is 3. The second-order valence-electron chi connectivity index (χ2n) is 3.67. The number of nitrogens with zero attached hydrogens (tertiary/aromatic N) is 1. The second kappa shape index (κ2) is 4.32. The molecule has 2 rings (SSSR count). The lowest BCUT2D eigenvalue weighted by Gasteiger charge is -2.01. The van der Waals surface area contributed by atoms with E-state index in [-0.39, 0.29) is 0 Å². The molecular weight excluding hydrogens is 202 g/mol. The second-order valence-corrected chi connectivity index (χ2v) is 4.05. The predicted octanol–water partition coefficient (Wildman–Crippen LogP) is 2.35. The van der Waals surface area contributed by atoms with Crippen LogP contribution < -0.4 is 0 Å². The Labute approximate surface area is 88.4 Å². The van der Waals surface area contributed by atoms with Gasteiger partial charge in [-0.3, -0.25) is 0 Å². The van der Waals surface area contributed by atoms with E-state index in [1.54, 1.807) is 6.20 Å². The van der Waals surface area contributed by atoms with E-state index in [0.717, 1.165) is 24.7 Å². The zero-order valence-corrected chi connectivity index (χ0v) is 8.96. The quantitative estimate of drug-likeness (QED) is 0.727. The molecule has 3 nitrogen and oxygen atoms in total. The Morgan fingerprint density at radius 3 is 3.14 bits per heavy atom. The van der Waals surface area contributed by atoms with E-state index in [9.17, 15) is 0 Å². The van der Waals surface area contributed by atoms with Gasteiger partial charge in [0.05, 0.1) is 18.9 Å². The molecular formula is C10H14ClNO2. The first-order valence-corrected chi connectivity index (χ1v) is 5.45. The summed E-state index contributed by atoms with van der Waals surface area (Å²) in [5.41, 5.74) is 0. The Balaban J connectivity index is 2.02. The molecule has 0 radical (unpaired) electrons. The van der Waals surface area contributed by atoms with Crippen LogP contribution in [0.3, 0.4) is 0 Å². The van der Waals surface area contributed by atoms with E-state index < -0.39 is 0 Å². The minimum atomic E-state index is 0.335. The lowest BCUT2D eigenvalue weighted by atomic mass is 10.0. The van der Waals surface area contributed by atoms with Crippen molar-refractivity contribution in [3.8, 4) is 0 Å². The number of rotatable bonds is 3. The van der Waals surface area contributed by atoms with Gasteiger partial charge < -0.3 is 9.15 Å². The van der Waals surface area contributed by atoms with Crippen molar-refractivity contribution in [1.82, 2.24) is 4.98 Å². The van der Waals surface area contributed by atoms with Gasteiger partial charge in [0.2, 0.25) is 0 Å². The first kappa shape index (κ1) is 9.99. The Hall–Kier alpha value is -0.540. The molecule has 0 N–H and O–H groups in total. The molecule has 0 spiro atoms. The summed E-state index contributed by atoms with van der Waals surface area (Å²) in [7, 11) is 0. The average Bonchev–Trinajstić information content (AvgIpc) is 2.74. The van der Waals surface area contributed by atoms with Crippen molar-refractivity contribution >= 4 is 11.6 Å². The van der Waals surface area contributed by atoms with Gasteiger partial charge in [0.15, 0.2) is 5.89 Å². The number of hydrogen-bond donors (Lipinski definition) is 0. The van der Waals surface area contributed by atoms with Crippen LogP contribution in [0.4, 0.5) is 0 Å². The van der Waals surface area contributed by atoms with Crippen LogP contribution in [-0.2, 0) is 11.2 Å². The van der Waals surface area contributed by atoms with Gasteiger partial charge >= 0.3 is 0 Å². The van der Waals surface area contributed by atoms with Crippen molar-refractivity contribution < 1.29 is 9.15 Å². The highest BCUT2D eigenvalue weighted by Crippen LogP contribution is 2.29. The highest BCUT2D eigenvalue weighted by atomic mass is 35.5. The normalized spacial score (nSPS) is 27.0. The summed E-state index contributed by atoms with van der Waals surface area (Å²) in [4.78, 5) is 4.17. The van der Waals surface area contributed by atoms with Crippen LogP contribution in [0, 0.1) is 0 Å². The largest absolute Gasteiger partial charge is 0.445 e. The van der Waals surface area contributed by atoms with E-state index in [1.165, 1.54) is 0 Å². The van der Waals surface area contributed by atoms with Crippen molar-refractivity contribution in [3.05, 3.63) is 17.8 Å². The molecule has 78 valence electrons. The fourth-order valence-electron chi connectivity index (χ4n) is 1.72. The number of ether oxygens (including phenoxy) is 1. The van der Waals surface area contributed by atoms with E-state index in [2.05, 4.69) is 11.9 Å². The minimum absolute atomic E-state index is 0.335. The maximum absolute atomic E-state index is 5.60. The molecule has 2 unspecified atom stereocenters. The molecule has 0 aromatic carbocycles. The molecule has 1 aliphatic rings. The van der Waals surface area contributed by atoms with Gasteiger partial charge in [-0.05, 0) is 13.3 Å². The number of halogens is 1. The first-order chi connectivity index (χ1) is 6.79. The third kappa shape index (κ3) is 2.10. The molecule has 0 bridgehead atoms. The molecule has 0 saturated carbocycles. The standard InChI is InChI=1S/C10H14ClNO2/c1-7-4-8(6-13-7)9-5-12-10(14-9)2-3-11/h5,7-8H,2-4,6H2,1H3. The number of oxazole rings is 1. The Morgan fingerprint density at radius 1 is 1.64 bits per heavy atom. The number of alkyl halides is 1. The van der Waals surface area contributed by atoms with Gasteiger partial charge in [0, 0.05) is 18.2 Å². The summed E-state index contributed by atoms with van der Waals surface area (Å²) >= 11 is 5.60. The molecule has 14 heavy (non-hydrogen) atoms. The van der Waals surface area contributed by atoms with Crippen LogP contribution in [0.25, 0.3) is 0 Å². The minimum Gasteiger partial charge on any atom is -0.445 e. The van der Waals surface area contributed by atoms with Gasteiger partial charge in [-0.25, -0.2) is 4.98 Å². The third-order valence-corrected chi connectivity index (χ3v) is 2.67. The molecule has 2 atom stereocenters. The van der Waals surface area contributed by atoms with Crippen LogP contribution in [0.2, 0.25) is 0 Å². The predicted molar refractivity (Wildman–Crippen MR) is 53.7 cm³/mol. The van der Waals surface area contributed by atoms with Gasteiger partial charge in [0.25, 0.3) is 0 Å². The summed E-state index contributed by atoms with van der Waals surface area (Å²) in [6.45, 7) is 2.83. The fraction of sp³-hybridized carbons (Fsp3) is 0.700. The molecule has 1 aliphatic heterocycles. The first-order valence-electron chi connectivity index (χ1n) is 4.91. The summed E-state index contributed by atoms with van der Waals surface area (Å²) in [6.07, 6.45) is 3.86. The van der Waals surface area contributed by atoms with Crippen molar-refractivity contribution in [1.29, 1.82) is 0 Å². The van der Waals surface area contributed by atoms with Crippen LogP contribution in [0.1, 0.15) is 30.9 Å². The smallest absolute Gasteiger partial charge is 0.195 e. The highest BCUT2D eigenvalue weighted by Gasteiger charge is 2.26. The van der Waals surface area contributed by atoms with Gasteiger partial charge in [-0.15, -0.1) is 11.6 Å². The maximum Gasteiger partial charge on any atom is 0.195 e. The average molecular weight is 216 g/mol. The highest BCUT2D eigenvalue weighted by molar-refractivity contribution is 6.17. The topological polar surface area (TPSA) is 35.3 Å². The SMILES string of the molecule is CC1CC(c2cnc(CCCl)o2)CO1. The summed E-state index contributed by atoms with van der Waals surface area (Å²) < 4.78 is 11.1. The van der Waals surface area contributed by atoms with E-state index in [1.807, 2.05) is 0 Å². The maximum atomic E-state index is 5.60. The Bertz CT molecular complexity index is 300. The van der Waals surface area contributed by atoms with Crippen LogP contribution in [-0.4, -0.2) is 23.6 Å². The molecule has 2 heterocycles. The molecule has 1 saturated heterocycles. The molecule has 0 aliphatic carbocycles. The molecule has 1 aromatic rings. The lowest BCUT2D eigenvalue weighted by Crippen LogP contribution is -1.96. The zero-order valence-electron chi connectivity index (χ0n) is 8.20. The Morgan fingerprint density at radius 2 is 2.50 bits per heavy atom. The number of aromatic nitrogens is 1. The summed E-state index contributed by atoms with van der Waals surface area (Å²) in [6, 6.07) is 0. The van der Waals surface area contributed by atoms with E-state index in [4.69, 9.17) is 20.8 Å². The van der Waals surface area contributed by atoms with Crippen molar-refractivity contribution in [3.63, 3.8) is 0 Å². The van der Waals surface area contributed by atoms with Gasteiger partial charge in [-0.1, -0.05) is 0 Å². The monoisotopic (exact) mass is 215 g/mol. The van der Waals surface area contributed by atoms with Crippen molar-refractivity contribution in [2.75, 3.05) is 12.5 Å². The van der Waals surface area contributed by atoms with Crippen LogP contribution >= 0.6 is 11.6 Å². The zero-order chi connectivity index (χ0) is 9.97. The molecule has 1 aromatic heterocycles. The summed E-state index contributed by atoms with van der Waals surface area (Å²) in [5.74, 6) is 2.60. The molecule has 0 amide bonds.